The Labute approximate surface area is 62.5 Å². The quantitative estimate of drug-likeness (QED) is 0.630. The number of nitrogens with one attached hydrogen (secondary N) is 1. The van der Waals surface area contributed by atoms with Crippen LogP contribution in [0.15, 0.2) is 24.3 Å². The average molecular weight is 155 g/mol. The van der Waals surface area contributed by atoms with Gasteiger partial charge in [-0.05, 0) is 6.07 Å². The Morgan fingerprint density at radius 3 is 2.70 bits per heavy atom. The minimum Gasteiger partial charge on any atom is -0.508 e. The molecule has 0 aliphatic heterocycles. The Morgan fingerprint density at radius 2 is 2.10 bits per heavy atom. The maximum absolute atomic E-state index is 9.19. The summed E-state index contributed by atoms with van der Waals surface area (Å²) >= 11 is 0. The summed E-state index contributed by atoms with van der Waals surface area (Å²) in [5.41, 5.74) is 0.914. The molecule has 0 bridgehead atoms. The number of phenolic OH excluding ortho intramolecular Hbond substituents is 1. The molecule has 1 unspecified atom stereocenters. The second kappa shape index (κ2) is 3.55. The third-order valence-electron chi connectivity index (χ3n) is 1.28. The lowest BCUT2D eigenvalue weighted by molar-refractivity contribution is 0.467. The molecule has 0 heterocycles. The van der Waals surface area contributed by atoms with E-state index in [2.05, 4.69) is 14.5 Å². The van der Waals surface area contributed by atoms with Gasteiger partial charge in [-0.25, -0.2) is 0 Å². The summed E-state index contributed by atoms with van der Waals surface area (Å²) in [5, 5.41) is 12.1. The van der Waals surface area contributed by atoms with Crippen molar-refractivity contribution in [3.63, 3.8) is 0 Å². The van der Waals surface area contributed by atoms with Crippen molar-refractivity contribution in [2.75, 3.05) is 0 Å². The number of benzene rings is 1. The van der Waals surface area contributed by atoms with Crippen LogP contribution < -0.4 is 5.09 Å². The van der Waals surface area contributed by atoms with Gasteiger partial charge in [-0.15, -0.1) is 0 Å². The number of para-hydroxylation sites is 1. The summed E-state index contributed by atoms with van der Waals surface area (Å²) in [4.78, 5) is 0. The van der Waals surface area contributed by atoms with Crippen molar-refractivity contribution in [2.24, 2.45) is 0 Å². The van der Waals surface area contributed by atoms with Crippen LogP contribution >= 0.6 is 9.39 Å². The molecule has 0 spiro atoms. The second-order valence-corrected chi connectivity index (χ2v) is 2.42. The van der Waals surface area contributed by atoms with Gasteiger partial charge in [0.25, 0.3) is 0 Å². The molecule has 0 aromatic heterocycles. The summed E-state index contributed by atoms with van der Waals surface area (Å²) < 4.78 is 0. The predicted octanol–water partition coefficient (Wildman–Crippen LogP) is 1.27. The lowest BCUT2D eigenvalue weighted by Crippen LogP contribution is -1.96. The van der Waals surface area contributed by atoms with Crippen LogP contribution in [-0.2, 0) is 6.54 Å². The molecule has 0 fully saturated rings. The zero-order valence-corrected chi connectivity index (χ0v) is 6.70. The Morgan fingerprint density at radius 1 is 1.40 bits per heavy atom. The largest absolute Gasteiger partial charge is 0.508 e. The number of hydrogen-bond acceptors (Lipinski definition) is 2. The highest BCUT2D eigenvalue weighted by Gasteiger charge is 1.94. The van der Waals surface area contributed by atoms with Crippen molar-refractivity contribution in [3.05, 3.63) is 29.8 Å². The average Bonchev–Trinajstić information content (AvgIpc) is 1.94. The van der Waals surface area contributed by atoms with Crippen LogP contribution in [0.5, 0.6) is 5.75 Å². The summed E-state index contributed by atoms with van der Waals surface area (Å²) in [5.74, 6) is 0.345. The molecule has 1 rings (SSSR count). The fourth-order valence-electron chi connectivity index (χ4n) is 0.770. The van der Waals surface area contributed by atoms with Crippen LogP contribution in [0.3, 0.4) is 0 Å². The van der Waals surface area contributed by atoms with Crippen LogP contribution in [0, 0.1) is 0 Å². The molecule has 0 saturated heterocycles. The van der Waals surface area contributed by atoms with E-state index in [1.807, 2.05) is 18.2 Å². The van der Waals surface area contributed by atoms with Gasteiger partial charge in [0.2, 0.25) is 0 Å². The van der Waals surface area contributed by atoms with E-state index in [4.69, 9.17) is 0 Å². The van der Waals surface area contributed by atoms with E-state index in [1.54, 1.807) is 6.07 Å². The highest BCUT2D eigenvalue weighted by molar-refractivity contribution is 7.13. The normalized spacial score (nSPS) is 9.70. The second-order valence-electron chi connectivity index (χ2n) is 2.01. The molecule has 54 valence electrons. The van der Waals surface area contributed by atoms with E-state index in [0.29, 0.717) is 12.3 Å². The molecule has 0 saturated carbocycles. The van der Waals surface area contributed by atoms with Gasteiger partial charge >= 0.3 is 0 Å². The first-order chi connectivity index (χ1) is 4.84. The van der Waals surface area contributed by atoms with Gasteiger partial charge in [0, 0.05) is 12.1 Å². The van der Waals surface area contributed by atoms with Crippen molar-refractivity contribution in [3.8, 4) is 5.75 Å². The summed E-state index contributed by atoms with van der Waals surface area (Å²) in [7, 11) is 2.39. The molecule has 0 aliphatic carbocycles. The third-order valence-corrected chi connectivity index (χ3v) is 1.49. The minimum atomic E-state index is 0.345. The van der Waals surface area contributed by atoms with Gasteiger partial charge in [-0.3, -0.25) is 5.09 Å². The standard InChI is InChI=1S/C7H10NOP/c9-7-4-2-1-3-6(7)5-8-10/h1-4,8-9H,5,10H2. The number of hydrogen-bond donors (Lipinski definition) is 2. The summed E-state index contributed by atoms with van der Waals surface area (Å²) in [6.07, 6.45) is 0. The molecule has 2 N–H and O–H groups in total. The molecule has 10 heavy (non-hydrogen) atoms. The Balaban J connectivity index is 2.81. The van der Waals surface area contributed by atoms with Gasteiger partial charge < -0.3 is 5.11 Å². The lowest BCUT2D eigenvalue weighted by atomic mass is 10.2. The fourth-order valence-corrected chi connectivity index (χ4v) is 0.990. The first-order valence-corrected chi connectivity index (χ1v) is 3.62. The van der Waals surface area contributed by atoms with Gasteiger partial charge in [-0.2, -0.15) is 0 Å². The maximum Gasteiger partial charge on any atom is 0.120 e. The lowest BCUT2D eigenvalue weighted by Gasteiger charge is -2.00. The van der Waals surface area contributed by atoms with Gasteiger partial charge in [0.15, 0.2) is 0 Å². The Hall–Kier alpha value is -0.590. The Bertz CT molecular complexity index is 215. The molecule has 0 amide bonds. The van der Waals surface area contributed by atoms with Crippen LogP contribution in [-0.4, -0.2) is 5.11 Å². The van der Waals surface area contributed by atoms with Crippen molar-refractivity contribution < 1.29 is 5.11 Å². The zero-order valence-electron chi connectivity index (χ0n) is 5.54. The van der Waals surface area contributed by atoms with E-state index >= 15 is 0 Å². The molecule has 1 atom stereocenters. The number of phenols is 1. The number of aromatic hydroxyl groups is 1. The first kappa shape index (κ1) is 7.52. The third kappa shape index (κ3) is 1.69. The molecule has 0 radical (unpaired) electrons. The van der Waals surface area contributed by atoms with E-state index in [1.165, 1.54) is 0 Å². The van der Waals surface area contributed by atoms with Crippen molar-refractivity contribution >= 4 is 9.39 Å². The van der Waals surface area contributed by atoms with Crippen LogP contribution in [0.4, 0.5) is 0 Å². The predicted molar refractivity (Wildman–Crippen MR) is 44.7 cm³/mol. The van der Waals surface area contributed by atoms with Crippen LogP contribution in [0.25, 0.3) is 0 Å². The van der Waals surface area contributed by atoms with Crippen LogP contribution in [0.1, 0.15) is 5.56 Å². The molecule has 0 aliphatic rings. The van der Waals surface area contributed by atoms with Crippen molar-refractivity contribution in [2.45, 2.75) is 6.54 Å². The Kier molecular flexibility index (Phi) is 2.67. The molecular weight excluding hydrogens is 145 g/mol. The van der Waals surface area contributed by atoms with Crippen LogP contribution in [0.2, 0.25) is 0 Å². The van der Waals surface area contributed by atoms with Crippen molar-refractivity contribution in [1.82, 2.24) is 5.09 Å². The molecular formula is C7H10NOP. The highest BCUT2D eigenvalue weighted by Crippen LogP contribution is 2.14. The summed E-state index contributed by atoms with van der Waals surface area (Å²) in [6, 6.07) is 7.27. The van der Waals surface area contributed by atoms with E-state index in [-0.39, 0.29) is 0 Å². The minimum absolute atomic E-state index is 0.345. The molecule has 2 nitrogen and oxygen atoms in total. The van der Waals surface area contributed by atoms with Gasteiger partial charge in [0.1, 0.15) is 5.75 Å². The van der Waals surface area contributed by atoms with E-state index < -0.39 is 0 Å². The van der Waals surface area contributed by atoms with E-state index in [9.17, 15) is 5.11 Å². The molecule has 1 aromatic carbocycles. The van der Waals surface area contributed by atoms with E-state index in [0.717, 1.165) is 5.56 Å². The first-order valence-electron chi connectivity index (χ1n) is 3.05. The smallest absolute Gasteiger partial charge is 0.120 e. The fraction of sp³-hybridized carbons (Fsp3) is 0.143. The van der Waals surface area contributed by atoms with Crippen molar-refractivity contribution in [1.29, 1.82) is 0 Å². The maximum atomic E-state index is 9.19. The van der Waals surface area contributed by atoms with Gasteiger partial charge in [0.05, 0.1) is 0 Å². The monoisotopic (exact) mass is 155 g/mol. The number of rotatable bonds is 2. The topological polar surface area (TPSA) is 32.3 Å². The molecule has 1 aromatic rings. The highest BCUT2D eigenvalue weighted by atomic mass is 31.0. The molecule has 3 heteroatoms. The summed E-state index contributed by atoms with van der Waals surface area (Å²) in [6.45, 7) is 0.678. The zero-order chi connectivity index (χ0) is 7.40. The SMILES string of the molecule is Oc1ccccc1CNP. The van der Waals surface area contributed by atoms with Gasteiger partial charge in [-0.1, -0.05) is 27.6 Å².